The molecule has 3 rings (SSSR count). The van der Waals surface area contributed by atoms with Crippen LogP contribution in [0, 0.1) is 12.8 Å². The molecule has 0 radical (unpaired) electrons. The van der Waals surface area contributed by atoms with Gasteiger partial charge in [0, 0.05) is 36.9 Å². The molecule has 0 bridgehead atoms. The van der Waals surface area contributed by atoms with Crippen LogP contribution in [-0.4, -0.2) is 34.6 Å². The van der Waals surface area contributed by atoms with E-state index in [-0.39, 0.29) is 0 Å². The normalized spacial score (nSPS) is 31.4. The highest BCUT2D eigenvalue weighted by Gasteiger charge is 2.47. The summed E-state index contributed by atoms with van der Waals surface area (Å²) in [6, 6.07) is 7.01. The molecule has 2 atom stereocenters. The fourth-order valence-corrected chi connectivity index (χ4v) is 3.51. The second-order valence-electron chi connectivity index (χ2n) is 6.77. The van der Waals surface area contributed by atoms with Crippen molar-refractivity contribution in [1.29, 1.82) is 0 Å². The predicted molar refractivity (Wildman–Crippen MR) is 82.6 cm³/mol. The van der Waals surface area contributed by atoms with E-state index >= 15 is 0 Å². The summed E-state index contributed by atoms with van der Waals surface area (Å²) in [5, 5.41) is 3.75. The van der Waals surface area contributed by atoms with E-state index in [9.17, 15) is 0 Å². The number of nitrogens with zero attached hydrogens (tertiary/aromatic N) is 2. The number of rotatable bonds is 4. The van der Waals surface area contributed by atoms with Crippen LogP contribution < -0.4 is 5.32 Å². The van der Waals surface area contributed by atoms with Gasteiger partial charge >= 0.3 is 0 Å². The second kappa shape index (κ2) is 5.45. The smallest absolute Gasteiger partial charge is 0.0547 e. The molecule has 1 saturated carbocycles. The lowest BCUT2D eigenvalue weighted by Gasteiger charge is -2.48. The Kier molecular flexibility index (Phi) is 3.83. The average Bonchev–Trinajstić information content (AvgIpc) is 3.26. The maximum absolute atomic E-state index is 4.70. The van der Waals surface area contributed by atoms with Gasteiger partial charge in [-0.05, 0) is 51.2 Å². The van der Waals surface area contributed by atoms with Crippen molar-refractivity contribution < 1.29 is 0 Å². The highest BCUT2D eigenvalue weighted by Crippen LogP contribution is 2.44. The molecular weight excluding hydrogens is 246 g/mol. The van der Waals surface area contributed by atoms with Crippen LogP contribution in [0.1, 0.15) is 44.5 Å². The largest absolute Gasteiger partial charge is 0.311 e. The van der Waals surface area contributed by atoms with Gasteiger partial charge in [0.2, 0.25) is 0 Å². The Bertz CT molecular complexity index is 469. The van der Waals surface area contributed by atoms with Crippen LogP contribution in [0.4, 0.5) is 0 Å². The number of hydrogen-bond acceptors (Lipinski definition) is 3. The number of aromatic nitrogens is 1. The molecule has 0 spiro atoms. The minimum absolute atomic E-state index is 0.317. The molecule has 20 heavy (non-hydrogen) atoms. The highest BCUT2D eigenvalue weighted by molar-refractivity contribution is 5.12. The van der Waals surface area contributed by atoms with Crippen molar-refractivity contribution in [3.05, 3.63) is 29.6 Å². The van der Waals surface area contributed by atoms with Crippen molar-refractivity contribution >= 4 is 0 Å². The summed E-state index contributed by atoms with van der Waals surface area (Å²) in [6.45, 7) is 10.1. The van der Waals surface area contributed by atoms with Gasteiger partial charge in [0.05, 0.1) is 5.69 Å². The zero-order valence-corrected chi connectivity index (χ0v) is 13.0. The quantitative estimate of drug-likeness (QED) is 0.914. The monoisotopic (exact) mass is 273 g/mol. The number of nitrogens with one attached hydrogen (secondary N) is 1. The minimum atomic E-state index is 0.317. The lowest BCUT2D eigenvalue weighted by atomic mass is 9.89. The highest BCUT2D eigenvalue weighted by atomic mass is 15.3. The summed E-state index contributed by atoms with van der Waals surface area (Å²) in [4.78, 5) is 7.39. The fourth-order valence-electron chi connectivity index (χ4n) is 3.51. The van der Waals surface area contributed by atoms with Gasteiger partial charge in [-0.3, -0.25) is 9.88 Å². The molecule has 2 heterocycles. The molecule has 3 nitrogen and oxygen atoms in total. The Balaban J connectivity index is 1.78. The molecule has 1 aromatic rings. The van der Waals surface area contributed by atoms with Crippen LogP contribution in [-0.2, 0) is 6.54 Å². The van der Waals surface area contributed by atoms with Gasteiger partial charge in [0.25, 0.3) is 0 Å². The summed E-state index contributed by atoms with van der Waals surface area (Å²) >= 11 is 0. The van der Waals surface area contributed by atoms with Crippen molar-refractivity contribution in [1.82, 2.24) is 15.2 Å². The van der Waals surface area contributed by atoms with Gasteiger partial charge < -0.3 is 5.32 Å². The Hall–Kier alpha value is -0.930. The standard InChI is InChI=1S/C17H27N3/c1-4-15-10-20(11-16-7-5-6-13(2)19-16)17(3,12-18-15)14-8-9-14/h5-7,14-15,18H,4,8-12H2,1-3H3. The van der Waals surface area contributed by atoms with E-state index in [4.69, 9.17) is 4.98 Å². The summed E-state index contributed by atoms with van der Waals surface area (Å²) in [6.07, 6.45) is 4.00. The van der Waals surface area contributed by atoms with E-state index < -0.39 is 0 Å². The topological polar surface area (TPSA) is 28.2 Å². The van der Waals surface area contributed by atoms with Crippen molar-refractivity contribution in [2.24, 2.45) is 5.92 Å². The number of hydrogen-bond donors (Lipinski definition) is 1. The molecule has 0 amide bonds. The van der Waals surface area contributed by atoms with Gasteiger partial charge in [0.15, 0.2) is 0 Å². The molecular formula is C17H27N3. The van der Waals surface area contributed by atoms with Crippen LogP contribution >= 0.6 is 0 Å². The van der Waals surface area contributed by atoms with Crippen LogP contribution in [0.3, 0.4) is 0 Å². The van der Waals surface area contributed by atoms with Gasteiger partial charge in [0.1, 0.15) is 0 Å². The molecule has 1 aromatic heterocycles. The third-order valence-electron chi connectivity index (χ3n) is 5.16. The summed E-state index contributed by atoms with van der Waals surface area (Å²) in [7, 11) is 0. The van der Waals surface area contributed by atoms with Crippen LogP contribution in [0.5, 0.6) is 0 Å². The van der Waals surface area contributed by atoms with E-state index in [2.05, 4.69) is 49.2 Å². The van der Waals surface area contributed by atoms with Gasteiger partial charge in [-0.15, -0.1) is 0 Å². The van der Waals surface area contributed by atoms with Gasteiger partial charge in [-0.1, -0.05) is 13.0 Å². The van der Waals surface area contributed by atoms with E-state index in [0.29, 0.717) is 11.6 Å². The summed E-state index contributed by atoms with van der Waals surface area (Å²) in [5.74, 6) is 0.873. The Morgan fingerprint density at radius 1 is 1.40 bits per heavy atom. The maximum Gasteiger partial charge on any atom is 0.0547 e. The number of aryl methyl sites for hydroxylation is 1. The third-order valence-corrected chi connectivity index (χ3v) is 5.16. The van der Waals surface area contributed by atoms with E-state index in [0.717, 1.165) is 31.2 Å². The Labute approximate surface area is 122 Å². The van der Waals surface area contributed by atoms with Crippen LogP contribution in [0.25, 0.3) is 0 Å². The fraction of sp³-hybridized carbons (Fsp3) is 0.706. The van der Waals surface area contributed by atoms with Crippen LogP contribution in [0.15, 0.2) is 18.2 Å². The molecule has 3 heteroatoms. The number of piperazine rings is 1. The van der Waals surface area contributed by atoms with Crippen molar-refractivity contribution in [2.45, 2.75) is 58.2 Å². The first-order valence-electron chi connectivity index (χ1n) is 8.03. The number of pyridine rings is 1. The van der Waals surface area contributed by atoms with Crippen molar-refractivity contribution in [2.75, 3.05) is 13.1 Å². The van der Waals surface area contributed by atoms with Crippen molar-refractivity contribution in [3.8, 4) is 0 Å². The minimum Gasteiger partial charge on any atom is -0.311 e. The van der Waals surface area contributed by atoms with Crippen molar-refractivity contribution in [3.63, 3.8) is 0 Å². The average molecular weight is 273 g/mol. The maximum atomic E-state index is 4.70. The zero-order valence-electron chi connectivity index (χ0n) is 13.0. The first-order valence-corrected chi connectivity index (χ1v) is 8.03. The SMILES string of the molecule is CCC1CN(Cc2cccc(C)n2)C(C)(C2CC2)CN1. The third kappa shape index (κ3) is 2.75. The zero-order chi connectivity index (χ0) is 14.2. The predicted octanol–water partition coefficient (Wildman–Crippen LogP) is 2.74. The molecule has 1 N–H and O–H groups in total. The molecule has 2 aliphatic rings. The van der Waals surface area contributed by atoms with E-state index in [1.54, 1.807) is 0 Å². The lowest BCUT2D eigenvalue weighted by Crippen LogP contribution is -2.63. The molecule has 1 aliphatic heterocycles. The molecule has 0 aromatic carbocycles. The second-order valence-corrected chi connectivity index (χ2v) is 6.77. The van der Waals surface area contributed by atoms with Gasteiger partial charge in [-0.2, -0.15) is 0 Å². The summed E-state index contributed by atoms with van der Waals surface area (Å²) in [5.41, 5.74) is 2.66. The van der Waals surface area contributed by atoms with Crippen LogP contribution in [0.2, 0.25) is 0 Å². The Morgan fingerprint density at radius 3 is 2.85 bits per heavy atom. The molecule has 110 valence electrons. The molecule has 1 aliphatic carbocycles. The first kappa shape index (κ1) is 14.0. The molecule has 1 saturated heterocycles. The van der Waals surface area contributed by atoms with E-state index in [1.165, 1.54) is 25.0 Å². The lowest BCUT2D eigenvalue weighted by molar-refractivity contribution is 0.0260. The Morgan fingerprint density at radius 2 is 2.20 bits per heavy atom. The van der Waals surface area contributed by atoms with E-state index in [1.807, 2.05) is 0 Å². The van der Waals surface area contributed by atoms with Gasteiger partial charge in [-0.25, -0.2) is 0 Å². The summed E-state index contributed by atoms with van der Waals surface area (Å²) < 4.78 is 0. The molecule has 2 fully saturated rings. The first-order chi connectivity index (χ1) is 9.61. The molecule has 2 unspecified atom stereocenters.